The fourth-order valence-corrected chi connectivity index (χ4v) is 3.37. The third-order valence-electron chi connectivity index (χ3n) is 5.05. The number of nitrogens with zero attached hydrogens (tertiary/aromatic N) is 1. The quantitative estimate of drug-likeness (QED) is 0.798. The molecule has 0 spiro atoms. The molecule has 1 N–H and O–H groups in total. The average molecular weight is 396 g/mol. The lowest BCUT2D eigenvalue weighted by atomic mass is 10.1. The van der Waals surface area contributed by atoms with Gasteiger partial charge in [-0.2, -0.15) is 0 Å². The minimum Gasteiger partial charge on any atom is -0.497 e. The van der Waals surface area contributed by atoms with Crippen LogP contribution in [0.3, 0.4) is 0 Å². The molecule has 3 rings (SSSR count). The third-order valence-corrected chi connectivity index (χ3v) is 5.05. The molecule has 6 nitrogen and oxygen atoms in total. The van der Waals surface area contributed by atoms with E-state index in [9.17, 15) is 9.59 Å². The Morgan fingerprint density at radius 3 is 2.21 bits per heavy atom. The lowest BCUT2D eigenvalue weighted by Crippen LogP contribution is -2.34. The summed E-state index contributed by atoms with van der Waals surface area (Å²) in [5.74, 6) is 0.946. The van der Waals surface area contributed by atoms with E-state index in [4.69, 9.17) is 9.47 Å². The fraction of sp³-hybridized carbons (Fsp3) is 0.391. The van der Waals surface area contributed by atoms with E-state index in [1.54, 1.807) is 50.4 Å². The van der Waals surface area contributed by atoms with E-state index >= 15 is 0 Å². The number of anilines is 1. The Morgan fingerprint density at radius 1 is 0.931 bits per heavy atom. The molecule has 0 bridgehead atoms. The highest BCUT2D eigenvalue weighted by Gasteiger charge is 2.22. The number of carbonyl (C=O) groups excluding carboxylic acids is 2. The summed E-state index contributed by atoms with van der Waals surface area (Å²) in [6, 6.07) is 14.2. The highest BCUT2D eigenvalue weighted by molar-refractivity contribution is 6.04. The second-order valence-corrected chi connectivity index (χ2v) is 7.18. The predicted molar refractivity (Wildman–Crippen MR) is 113 cm³/mol. The molecule has 0 aliphatic carbocycles. The van der Waals surface area contributed by atoms with Crippen LogP contribution < -0.4 is 14.8 Å². The van der Waals surface area contributed by atoms with Crippen LogP contribution in [0, 0.1) is 0 Å². The van der Waals surface area contributed by atoms with Gasteiger partial charge in [0.15, 0.2) is 6.10 Å². The first kappa shape index (κ1) is 20.7. The van der Waals surface area contributed by atoms with Gasteiger partial charge in [0.1, 0.15) is 11.5 Å². The zero-order chi connectivity index (χ0) is 20.6. The Balaban J connectivity index is 1.67. The van der Waals surface area contributed by atoms with Crippen LogP contribution in [0.2, 0.25) is 0 Å². The molecule has 1 atom stereocenters. The molecule has 1 saturated heterocycles. The topological polar surface area (TPSA) is 67.9 Å². The minimum atomic E-state index is -0.718. The summed E-state index contributed by atoms with van der Waals surface area (Å²) in [6.07, 6.45) is 3.63. The van der Waals surface area contributed by atoms with Gasteiger partial charge in [-0.15, -0.1) is 0 Å². The first-order chi connectivity index (χ1) is 14.1. The van der Waals surface area contributed by atoms with Gasteiger partial charge in [0.25, 0.3) is 11.8 Å². The summed E-state index contributed by atoms with van der Waals surface area (Å²) in [6.45, 7) is 3.20. The van der Waals surface area contributed by atoms with Gasteiger partial charge in [-0.25, -0.2) is 0 Å². The molecule has 0 aromatic heterocycles. The van der Waals surface area contributed by atoms with Crippen molar-refractivity contribution in [3.63, 3.8) is 0 Å². The van der Waals surface area contributed by atoms with Crippen molar-refractivity contribution in [1.29, 1.82) is 0 Å². The van der Waals surface area contributed by atoms with Crippen LogP contribution in [0.25, 0.3) is 0 Å². The molecule has 1 aliphatic heterocycles. The lowest BCUT2D eigenvalue weighted by molar-refractivity contribution is -0.122. The van der Waals surface area contributed by atoms with Crippen molar-refractivity contribution in [2.45, 2.75) is 38.7 Å². The number of para-hydroxylation sites is 1. The number of hydrogen-bond donors (Lipinski definition) is 1. The van der Waals surface area contributed by atoms with Crippen molar-refractivity contribution < 1.29 is 19.1 Å². The molecule has 154 valence electrons. The largest absolute Gasteiger partial charge is 0.497 e. The first-order valence-electron chi connectivity index (χ1n) is 10.1. The third kappa shape index (κ3) is 5.50. The SMILES string of the molecule is COc1ccc(O[C@H](C)C(=O)Nc2ccccc2C(=O)N2CCCCCC2)cc1. The van der Waals surface area contributed by atoms with Crippen LogP contribution in [0.1, 0.15) is 43.0 Å². The molecule has 0 saturated carbocycles. The molecule has 0 radical (unpaired) electrons. The van der Waals surface area contributed by atoms with Gasteiger partial charge in [-0.05, 0) is 56.2 Å². The number of ether oxygens (including phenoxy) is 2. The summed E-state index contributed by atoms with van der Waals surface area (Å²) in [5.41, 5.74) is 1.02. The average Bonchev–Trinajstić information content (AvgIpc) is 3.04. The summed E-state index contributed by atoms with van der Waals surface area (Å²) in [7, 11) is 1.59. The maximum absolute atomic E-state index is 13.0. The molecule has 29 heavy (non-hydrogen) atoms. The van der Waals surface area contributed by atoms with Gasteiger partial charge >= 0.3 is 0 Å². The fourth-order valence-electron chi connectivity index (χ4n) is 3.37. The summed E-state index contributed by atoms with van der Waals surface area (Å²) < 4.78 is 10.8. The van der Waals surface area contributed by atoms with Crippen LogP contribution in [-0.4, -0.2) is 43.0 Å². The van der Waals surface area contributed by atoms with Crippen LogP contribution >= 0.6 is 0 Å². The van der Waals surface area contributed by atoms with E-state index in [0.717, 1.165) is 44.5 Å². The Kier molecular flexibility index (Phi) is 7.11. The second kappa shape index (κ2) is 9.96. The Labute approximate surface area is 171 Å². The van der Waals surface area contributed by atoms with E-state index in [2.05, 4.69) is 5.32 Å². The normalized spacial score (nSPS) is 15.2. The molecule has 2 aromatic carbocycles. The monoisotopic (exact) mass is 396 g/mol. The molecule has 2 amide bonds. The maximum atomic E-state index is 13.0. The van der Waals surface area contributed by atoms with Crippen molar-refractivity contribution in [3.8, 4) is 11.5 Å². The zero-order valence-corrected chi connectivity index (χ0v) is 17.0. The maximum Gasteiger partial charge on any atom is 0.265 e. The number of nitrogens with one attached hydrogen (secondary N) is 1. The second-order valence-electron chi connectivity index (χ2n) is 7.18. The van der Waals surface area contributed by atoms with Crippen LogP contribution in [0.15, 0.2) is 48.5 Å². The van der Waals surface area contributed by atoms with Gasteiger partial charge < -0.3 is 19.7 Å². The molecule has 1 aliphatic rings. The number of likely N-dealkylation sites (tertiary alicyclic amines) is 1. The molecule has 6 heteroatoms. The van der Waals surface area contributed by atoms with Crippen molar-refractivity contribution in [2.75, 3.05) is 25.5 Å². The van der Waals surface area contributed by atoms with Gasteiger partial charge in [0.2, 0.25) is 0 Å². The predicted octanol–water partition coefficient (Wildman–Crippen LogP) is 4.12. The van der Waals surface area contributed by atoms with E-state index in [1.807, 2.05) is 17.0 Å². The van der Waals surface area contributed by atoms with Gasteiger partial charge in [0, 0.05) is 13.1 Å². The molecular weight excluding hydrogens is 368 g/mol. The lowest BCUT2D eigenvalue weighted by Gasteiger charge is -2.22. The number of benzene rings is 2. The van der Waals surface area contributed by atoms with Crippen LogP contribution in [0.4, 0.5) is 5.69 Å². The van der Waals surface area contributed by atoms with E-state index in [0.29, 0.717) is 17.0 Å². The zero-order valence-electron chi connectivity index (χ0n) is 17.0. The van der Waals surface area contributed by atoms with Crippen molar-refractivity contribution in [1.82, 2.24) is 4.90 Å². The number of carbonyl (C=O) groups is 2. The highest BCUT2D eigenvalue weighted by Crippen LogP contribution is 2.22. The van der Waals surface area contributed by atoms with Gasteiger partial charge in [-0.3, -0.25) is 9.59 Å². The number of rotatable bonds is 6. The molecule has 0 unspecified atom stereocenters. The van der Waals surface area contributed by atoms with Crippen molar-refractivity contribution in [3.05, 3.63) is 54.1 Å². The van der Waals surface area contributed by atoms with Crippen LogP contribution in [0.5, 0.6) is 11.5 Å². The standard InChI is InChI=1S/C23H28N2O4/c1-17(29-19-13-11-18(28-2)12-14-19)22(26)24-21-10-6-5-9-20(21)23(27)25-15-7-3-4-8-16-25/h5-6,9-14,17H,3-4,7-8,15-16H2,1-2H3,(H,24,26)/t17-/m1/s1. The summed E-state index contributed by atoms with van der Waals surface area (Å²) in [5, 5.41) is 2.85. The van der Waals surface area contributed by atoms with Crippen LogP contribution in [-0.2, 0) is 4.79 Å². The van der Waals surface area contributed by atoms with E-state index in [1.165, 1.54) is 0 Å². The van der Waals surface area contributed by atoms with Crippen molar-refractivity contribution >= 4 is 17.5 Å². The summed E-state index contributed by atoms with van der Waals surface area (Å²) in [4.78, 5) is 27.6. The number of hydrogen-bond acceptors (Lipinski definition) is 4. The van der Waals surface area contributed by atoms with Crippen molar-refractivity contribution in [2.24, 2.45) is 0 Å². The number of methoxy groups -OCH3 is 1. The number of amides is 2. The molecule has 2 aromatic rings. The molecule has 1 heterocycles. The minimum absolute atomic E-state index is 0.0356. The Hall–Kier alpha value is -3.02. The Bertz CT molecular complexity index is 827. The Morgan fingerprint density at radius 2 is 1.55 bits per heavy atom. The molecule has 1 fully saturated rings. The van der Waals surface area contributed by atoms with E-state index in [-0.39, 0.29) is 11.8 Å². The smallest absolute Gasteiger partial charge is 0.265 e. The summed E-state index contributed by atoms with van der Waals surface area (Å²) >= 11 is 0. The first-order valence-corrected chi connectivity index (χ1v) is 10.1. The van der Waals surface area contributed by atoms with Gasteiger partial charge in [-0.1, -0.05) is 25.0 Å². The van der Waals surface area contributed by atoms with E-state index < -0.39 is 6.10 Å². The molecular formula is C23H28N2O4. The van der Waals surface area contributed by atoms with Gasteiger partial charge in [0.05, 0.1) is 18.4 Å². The highest BCUT2D eigenvalue weighted by atomic mass is 16.5.